The van der Waals surface area contributed by atoms with Gasteiger partial charge in [-0.15, -0.1) is 0 Å². The number of hydrogen-bond donors (Lipinski definition) is 1. The summed E-state index contributed by atoms with van der Waals surface area (Å²) in [7, 11) is 0. The zero-order chi connectivity index (χ0) is 12.1. The molecule has 5 nitrogen and oxygen atoms in total. The topological polar surface area (TPSA) is 59.9 Å². The van der Waals surface area contributed by atoms with Crippen LogP contribution in [0.15, 0.2) is 35.3 Å². The van der Waals surface area contributed by atoms with Crippen molar-refractivity contribution in [2.75, 3.05) is 11.9 Å². The molecule has 0 saturated heterocycles. The van der Waals surface area contributed by atoms with Crippen LogP contribution in [0.25, 0.3) is 0 Å². The van der Waals surface area contributed by atoms with E-state index in [0.717, 1.165) is 11.0 Å². The van der Waals surface area contributed by atoms with Crippen LogP contribution < -0.4 is 10.1 Å². The van der Waals surface area contributed by atoms with Crippen molar-refractivity contribution in [1.29, 1.82) is 0 Å². The third kappa shape index (κ3) is 3.39. The Morgan fingerprint density at radius 2 is 2.06 bits per heavy atom. The molecule has 2 heterocycles. The van der Waals surface area contributed by atoms with E-state index in [0.29, 0.717) is 17.4 Å². The molecule has 17 heavy (non-hydrogen) atoms. The van der Waals surface area contributed by atoms with Gasteiger partial charge in [-0.2, -0.15) is 4.98 Å². The zero-order valence-corrected chi connectivity index (χ0v) is 10.8. The van der Waals surface area contributed by atoms with Gasteiger partial charge in [-0.25, -0.2) is 0 Å². The van der Waals surface area contributed by atoms with Crippen LogP contribution in [0, 0.1) is 0 Å². The summed E-state index contributed by atoms with van der Waals surface area (Å²) in [6.45, 7) is 2.78. The minimum Gasteiger partial charge on any atom is -0.436 e. The van der Waals surface area contributed by atoms with E-state index < -0.39 is 0 Å². The van der Waals surface area contributed by atoms with E-state index in [-0.39, 0.29) is 0 Å². The number of pyridine rings is 1. The number of halogens is 1. The molecule has 88 valence electrons. The molecule has 0 aliphatic rings. The normalized spacial score (nSPS) is 10.0. The average molecular weight is 295 g/mol. The van der Waals surface area contributed by atoms with Crippen molar-refractivity contribution >= 4 is 21.7 Å². The fraction of sp³-hybridized carbons (Fsp3) is 0.182. The molecule has 0 amide bonds. The number of hydrogen-bond acceptors (Lipinski definition) is 5. The van der Waals surface area contributed by atoms with Gasteiger partial charge in [0.1, 0.15) is 11.6 Å². The van der Waals surface area contributed by atoms with E-state index in [1.807, 2.05) is 13.0 Å². The highest BCUT2D eigenvalue weighted by molar-refractivity contribution is 9.10. The number of nitrogens with one attached hydrogen (secondary N) is 1. The van der Waals surface area contributed by atoms with Gasteiger partial charge in [0.2, 0.25) is 5.88 Å². The van der Waals surface area contributed by atoms with Crippen LogP contribution >= 0.6 is 15.9 Å². The van der Waals surface area contributed by atoms with Crippen molar-refractivity contribution in [2.45, 2.75) is 6.92 Å². The molecule has 0 fully saturated rings. The lowest BCUT2D eigenvalue weighted by molar-refractivity contribution is 0.458. The quantitative estimate of drug-likeness (QED) is 0.939. The first-order chi connectivity index (χ1) is 8.28. The van der Waals surface area contributed by atoms with Crippen LogP contribution in [0.1, 0.15) is 6.92 Å². The van der Waals surface area contributed by atoms with Gasteiger partial charge < -0.3 is 10.1 Å². The molecule has 0 bridgehead atoms. The molecule has 0 spiro atoms. The molecule has 0 aliphatic heterocycles. The summed E-state index contributed by atoms with van der Waals surface area (Å²) in [5, 5.41) is 3.07. The Bertz CT molecular complexity index is 506. The lowest BCUT2D eigenvalue weighted by atomic mass is 10.5. The Hall–Kier alpha value is -1.69. The molecule has 0 aromatic carbocycles. The maximum absolute atomic E-state index is 5.54. The Morgan fingerprint density at radius 1 is 1.24 bits per heavy atom. The highest BCUT2D eigenvalue weighted by Gasteiger charge is 2.01. The maximum atomic E-state index is 5.54. The molecule has 0 radical (unpaired) electrons. The Kier molecular flexibility index (Phi) is 3.87. The summed E-state index contributed by atoms with van der Waals surface area (Å²) in [5.74, 6) is 1.73. The minimum absolute atomic E-state index is 0.434. The van der Waals surface area contributed by atoms with Gasteiger partial charge in [-0.3, -0.25) is 9.97 Å². The van der Waals surface area contributed by atoms with E-state index in [4.69, 9.17) is 4.74 Å². The van der Waals surface area contributed by atoms with Crippen molar-refractivity contribution in [3.8, 4) is 11.6 Å². The van der Waals surface area contributed by atoms with Gasteiger partial charge >= 0.3 is 0 Å². The summed E-state index contributed by atoms with van der Waals surface area (Å²) < 4.78 is 6.39. The Labute approximate surface area is 107 Å². The lowest BCUT2D eigenvalue weighted by Crippen LogP contribution is -2.00. The largest absolute Gasteiger partial charge is 0.436 e. The third-order valence-corrected chi connectivity index (χ3v) is 2.31. The summed E-state index contributed by atoms with van der Waals surface area (Å²) in [4.78, 5) is 12.3. The zero-order valence-electron chi connectivity index (χ0n) is 9.22. The van der Waals surface area contributed by atoms with E-state index in [1.165, 1.54) is 0 Å². The predicted octanol–water partition coefficient (Wildman–Crippen LogP) is 2.86. The molecule has 1 N–H and O–H groups in total. The monoisotopic (exact) mass is 294 g/mol. The maximum Gasteiger partial charge on any atom is 0.239 e. The number of nitrogens with zero attached hydrogens (tertiary/aromatic N) is 3. The first-order valence-electron chi connectivity index (χ1n) is 5.12. The first kappa shape index (κ1) is 11.8. The molecule has 2 rings (SSSR count). The molecule has 6 heteroatoms. The predicted molar refractivity (Wildman–Crippen MR) is 68.2 cm³/mol. The van der Waals surface area contributed by atoms with Crippen molar-refractivity contribution in [1.82, 2.24) is 15.0 Å². The van der Waals surface area contributed by atoms with Crippen molar-refractivity contribution in [3.05, 3.63) is 35.3 Å². The highest BCUT2D eigenvalue weighted by atomic mass is 79.9. The van der Waals surface area contributed by atoms with Gasteiger partial charge in [0.15, 0.2) is 0 Å². The van der Waals surface area contributed by atoms with E-state index in [2.05, 4.69) is 36.2 Å². The molecule has 0 saturated carbocycles. The highest BCUT2D eigenvalue weighted by Crippen LogP contribution is 2.21. The van der Waals surface area contributed by atoms with Crippen LogP contribution in [0.4, 0.5) is 5.82 Å². The number of rotatable bonds is 4. The smallest absolute Gasteiger partial charge is 0.239 e. The fourth-order valence-corrected chi connectivity index (χ4v) is 1.58. The number of anilines is 1. The second kappa shape index (κ2) is 5.58. The number of ether oxygens (including phenoxy) is 1. The molecule has 0 aliphatic carbocycles. The van der Waals surface area contributed by atoms with Crippen LogP contribution in [0.2, 0.25) is 0 Å². The van der Waals surface area contributed by atoms with Gasteiger partial charge in [-0.1, -0.05) is 0 Å². The van der Waals surface area contributed by atoms with Crippen molar-refractivity contribution < 1.29 is 4.74 Å². The van der Waals surface area contributed by atoms with Crippen LogP contribution in [0.3, 0.4) is 0 Å². The van der Waals surface area contributed by atoms with Crippen LogP contribution in [-0.4, -0.2) is 21.5 Å². The summed E-state index contributed by atoms with van der Waals surface area (Å²) in [6, 6.07) is 1.81. The standard InChI is InChI=1S/C11H11BrN4O/c1-2-15-10-6-14-7-11(16-10)17-9-3-8(12)4-13-5-9/h3-7H,2H2,1H3,(H,15,16). The van der Waals surface area contributed by atoms with E-state index in [1.54, 1.807) is 24.8 Å². The van der Waals surface area contributed by atoms with E-state index in [9.17, 15) is 0 Å². The number of aromatic nitrogens is 3. The minimum atomic E-state index is 0.434. The lowest BCUT2D eigenvalue weighted by Gasteiger charge is -2.06. The summed E-state index contributed by atoms with van der Waals surface area (Å²) >= 11 is 3.32. The summed E-state index contributed by atoms with van der Waals surface area (Å²) in [6.07, 6.45) is 6.51. The molecule has 2 aromatic rings. The van der Waals surface area contributed by atoms with Crippen molar-refractivity contribution in [3.63, 3.8) is 0 Å². The molecule has 0 unspecified atom stereocenters. The van der Waals surface area contributed by atoms with Gasteiger partial charge in [0, 0.05) is 17.2 Å². The summed E-state index contributed by atoms with van der Waals surface area (Å²) in [5.41, 5.74) is 0. The Morgan fingerprint density at radius 3 is 2.82 bits per heavy atom. The van der Waals surface area contributed by atoms with Gasteiger partial charge in [0.25, 0.3) is 0 Å². The second-order valence-corrected chi connectivity index (χ2v) is 4.13. The average Bonchev–Trinajstić information content (AvgIpc) is 2.30. The first-order valence-corrected chi connectivity index (χ1v) is 5.91. The second-order valence-electron chi connectivity index (χ2n) is 3.21. The molecular formula is C11H11BrN4O. The molecule has 2 aromatic heterocycles. The van der Waals surface area contributed by atoms with Crippen molar-refractivity contribution in [2.24, 2.45) is 0 Å². The SMILES string of the molecule is CCNc1cncc(Oc2cncc(Br)c2)n1. The molecule has 0 atom stereocenters. The van der Waals surface area contributed by atoms with Crippen LogP contribution in [-0.2, 0) is 0 Å². The molecular weight excluding hydrogens is 284 g/mol. The Balaban J connectivity index is 2.15. The van der Waals surface area contributed by atoms with Gasteiger partial charge in [0.05, 0.1) is 18.6 Å². The van der Waals surface area contributed by atoms with E-state index >= 15 is 0 Å². The third-order valence-electron chi connectivity index (χ3n) is 1.87. The van der Waals surface area contributed by atoms with Crippen LogP contribution in [0.5, 0.6) is 11.6 Å². The van der Waals surface area contributed by atoms with Gasteiger partial charge in [-0.05, 0) is 28.9 Å². The fourth-order valence-electron chi connectivity index (χ4n) is 1.23.